The molecule has 0 spiro atoms. The largest absolute Gasteiger partial charge is 0.493 e. The zero-order chi connectivity index (χ0) is 10.4. The van der Waals surface area contributed by atoms with Crippen LogP contribution in [-0.4, -0.2) is 18.4 Å². The Morgan fingerprint density at radius 3 is 2.86 bits per heavy atom. The van der Waals surface area contributed by atoms with Crippen molar-refractivity contribution in [2.45, 2.75) is 20.0 Å². The Morgan fingerprint density at radius 2 is 2.21 bits per heavy atom. The van der Waals surface area contributed by atoms with Gasteiger partial charge in [0.05, 0.1) is 19.9 Å². The number of hydrogen-bond acceptors (Lipinski definition) is 2. The van der Waals surface area contributed by atoms with Crippen molar-refractivity contribution in [2.24, 2.45) is 0 Å². The van der Waals surface area contributed by atoms with Gasteiger partial charge in [-0.2, -0.15) is 0 Å². The molecule has 0 saturated heterocycles. The molecule has 0 aliphatic heterocycles. The molecule has 0 unspecified atom stereocenters. The lowest BCUT2D eigenvalue weighted by atomic mass is 10.1. The summed E-state index contributed by atoms with van der Waals surface area (Å²) in [7, 11) is 0. The number of benzene rings is 1. The average molecular weight is 198 g/mol. The van der Waals surface area contributed by atoms with Crippen molar-refractivity contribution in [3.63, 3.8) is 0 Å². The zero-order valence-electron chi connectivity index (χ0n) is 8.29. The molecule has 0 bridgehead atoms. The van der Waals surface area contributed by atoms with E-state index in [1.165, 1.54) is 0 Å². The topological polar surface area (TPSA) is 29.5 Å². The minimum Gasteiger partial charge on any atom is -0.493 e. The number of aliphatic hydroxyl groups is 1. The first-order chi connectivity index (χ1) is 6.77. The monoisotopic (exact) mass is 198 g/mol. The summed E-state index contributed by atoms with van der Waals surface area (Å²) in [6.45, 7) is 1.88. The first kappa shape index (κ1) is 11.0. The van der Waals surface area contributed by atoms with Crippen LogP contribution in [0.2, 0.25) is 0 Å². The molecule has 0 atom stereocenters. The van der Waals surface area contributed by atoms with Gasteiger partial charge in [0.1, 0.15) is 5.75 Å². The Hall–Kier alpha value is -1.09. The minimum atomic E-state index is -0.375. The summed E-state index contributed by atoms with van der Waals surface area (Å²) in [5.74, 6) is 0.645. The lowest BCUT2D eigenvalue weighted by Crippen LogP contribution is -2.01. The van der Waals surface area contributed by atoms with Gasteiger partial charge in [-0.3, -0.25) is 4.39 Å². The van der Waals surface area contributed by atoms with Crippen molar-refractivity contribution in [3.05, 3.63) is 29.3 Å². The van der Waals surface area contributed by atoms with Crippen LogP contribution in [-0.2, 0) is 6.61 Å². The molecule has 0 heterocycles. The van der Waals surface area contributed by atoms with Crippen LogP contribution in [0.25, 0.3) is 0 Å². The molecule has 0 radical (unpaired) electrons. The SMILES string of the molecule is Cc1ccc(OCCCF)c(CO)c1. The first-order valence-electron chi connectivity index (χ1n) is 4.67. The van der Waals surface area contributed by atoms with Crippen LogP contribution in [0, 0.1) is 6.92 Å². The quantitative estimate of drug-likeness (QED) is 0.735. The fourth-order valence-electron chi connectivity index (χ4n) is 1.21. The van der Waals surface area contributed by atoms with Gasteiger partial charge in [-0.15, -0.1) is 0 Å². The van der Waals surface area contributed by atoms with E-state index in [0.29, 0.717) is 18.8 Å². The number of hydrogen-bond donors (Lipinski definition) is 1. The Balaban J connectivity index is 2.65. The predicted molar refractivity (Wildman–Crippen MR) is 53.2 cm³/mol. The maximum Gasteiger partial charge on any atom is 0.124 e. The van der Waals surface area contributed by atoms with E-state index in [1.54, 1.807) is 6.07 Å². The maximum atomic E-state index is 11.8. The van der Waals surface area contributed by atoms with E-state index in [-0.39, 0.29) is 13.3 Å². The van der Waals surface area contributed by atoms with Crippen LogP contribution >= 0.6 is 0 Å². The molecule has 1 aromatic carbocycles. The molecule has 0 amide bonds. The molecule has 14 heavy (non-hydrogen) atoms. The highest BCUT2D eigenvalue weighted by atomic mass is 19.1. The van der Waals surface area contributed by atoms with E-state index < -0.39 is 0 Å². The van der Waals surface area contributed by atoms with Crippen molar-refractivity contribution in [1.29, 1.82) is 0 Å². The number of aliphatic hydroxyl groups excluding tert-OH is 1. The lowest BCUT2D eigenvalue weighted by Gasteiger charge is -2.09. The second-order valence-corrected chi connectivity index (χ2v) is 3.16. The number of halogens is 1. The first-order valence-corrected chi connectivity index (χ1v) is 4.67. The third kappa shape index (κ3) is 3.00. The van der Waals surface area contributed by atoms with Crippen LogP contribution in [0.15, 0.2) is 18.2 Å². The summed E-state index contributed by atoms with van der Waals surface area (Å²) in [4.78, 5) is 0. The van der Waals surface area contributed by atoms with Crippen LogP contribution in [0.1, 0.15) is 17.5 Å². The third-order valence-electron chi connectivity index (χ3n) is 1.92. The Morgan fingerprint density at radius 1 is 1.43 bits per heavy atom. The summed E-state index contributed by atoms with van der Waals surface area (Å²) in [5.41, 5.74) is 1.83. The molecule has 2 nitrogen and oxygen atoms in total. The fourth-order valence-corrected chi connectivity index (χ4v) is 1.21. The molecular formula is C11H15FO2. The average Bonchev–Trinajstić information content (AvgIpc) is 2.20. The predicted octanol–water partition coefficient (Wildman–Crippen LogP) is 2.23. The van der Waals surface area contributed by atoms with Gasteiger partial charge in [-0.25, -0.2) is 0 Å². The number of aryl methyl sites for hydroxylation is 1. The molecule has 0 fully saturated rings. The van der Waals surface area contributed by atoms with Gasteiger partial charge in [-0.05, 0) is 13.0 Å². The normalized spacial score (nSPS) is 10.2. The molecule has 3 heteroatoms. The van der Waals surface area contributed by atoms with Gasteiger partial charge in [0.15, 0.2) is 0 Å². The summed E-state index contributed by atoms with van der Waals surface area (Å²) in [6, 6.07) is 5.58. The van der Waals surface area contributed by atoms with Gasteiger partial charge < -0.3 is 9.84 Å². The van der Waals surface area contributed by atoms with E-state index in [2.05, 4.69) is 0 Å². The summed E-state index contributed by atoms with van der Waals surface area (Å²) < 4.78 is 17.1. The molecule has 78 valence electrons. The van der Waals surface area contributed by atoms with E-state index in [9.17, 15) is 4.39 Å². The van der Waals surface area contributed by atoms with Gasteiger partial charge >= 0.3 is 0 Å². The van der Waals surface area contributed by atoms with Gasteiger partial charge in [0.2, 0.25) is 0 Å². The molecule has 0 aliphatic carbocycles. The highest BCUT2D eigenvalue weighted by Crippen LogP contribution is 2.19. The fraction of sp³-hybridized carbons (Fsp3) is 0.455. The van der Waals surface area contributed by atoms with Gasteiger partial charge in [0.25, 0.3) is 0 Å². The Labute approximate surface area is 83.3 Å². The maximum absolute atomic E-state index is 11.8. The van der Waals surface area contributed by atoms with E-state index >= 15 is 0 Å². The molecule has 0 saturated carbocycles. The van der Waals surface area contributed by atoms with Crippen LogP contribution < -0.4 is 4.74 Å². The number of alkyl halides is 1. The van der Waals surface area contributed by atoms with Crippen molar-refractivity contribution in [3.8, 4) is 5.75 Å². The molecule has 0 aromatic heterocycles. The van der Waals surface area contributed by atoms with Gasteiger partial charge in [0, 0.05) is 12.0 Å². The second kappa shape index (κ2) is 5.60. The summed E-state index contributed by atoms with van der Waals surface area (Å²) in [6.07, 6.45) is 0.388. The minimum absolute atomic E-state index is 0.0490. The number of rotatable bonds is 5. The Bertz CT molecular complexity index is 287. The molecule has 1 aromatic rings. The van der Waals surface area contributed by atoms with E-state index in [1.807, 2.05) is 19.1 Å². The highest BCUT2D eigenvalue weighted by molar-refractivity contribution is 5.36. The van der Waals surface area contributed by atoms with E-state index in [4.69, 9.17) is 9.84 Å². The summed E-state index contributed by atoms with van der Waals surface area (Å²) >= 11 is 0. The smallest absolute Gasteiger partial charge is 0.124 e. The molecular weight excluding hydrogens is 183 g/mol. The van der Waals surface area contributed by atoms with Crippen molar-refractivity contribution in [1.82, 2.24) is 0 Å². The molecule has 1 rings (SSSR count). The van der Waals surface area contributed by atoms with Gasteiger partial charge in [-0.1, -0.05) is 17.7 Å². The van der Waals surface area contributed by atoms with E-state index in [0.717, 1.165) is 11.1 Å². The molecule has 1 N–H and O–H groups in total. The standard InChI is InChI=1S/C11H15FO2/c1-9-3-4-11(10(7-9)8-13)14-6-2-5-12/h3-4,7,13H,2,5-6,8H2,1H3. The van der Waals surface area contributed by atoms with Crippen LogP contribution in [0.5, 0.6) is 5.75 Å². The Kier molecular flexibility index (Phi) is 4.40. The third-order valence-corrected chi connectivity index (χ3v) is 1.92. The van der Waals surface area contributed by atoms with Crippen molar-refractivity contribution >= 4 is 0 Å². The zero-order valence-corrected chi connectivity index (χ0v) is 8.29. The summed E-state index contributed by atoms with van der Waals surface area (Å²) in [5, 5.41) is 9.05. The lowest BCUT2D eigenvalue weighted by molar-refractivity contribution is 0.256. The van der Waals surface area contributed by atoms with Crippen LogP contribution in [0.3, 0.4) is 0 Å². The van der Waals surface area contributed by atoms with Crippen molar-refractivity contribution < 1.29 is 14.2 Å². The second-order valence-electron chi connectivity index (χ2n) is 3.16. The highest BCUT2D eigenvalue weighted by Gasteiger charge is 2.02. The number of ether oxygens (including phenoxy) is 1. The van der Waals surface area contributed by atoms with Crippen LogP contribution in [0.4, 0.5) is 4.39 Å². The molecule has 0 aliphatic rings. The van der Waals surface area contributed by atoms with Crippen molar-refractivity contribution in [2.75, 3.05) is 13.3 Å².